The van der Waals surface area contributed by atoms with E-state index >= 15 is 0 Å². The number of benzene rings is 1. The summed E-state index contributed by atoms with van der Waals surface area (Å²) in [5.74, 6) is 0. The highest BCUT2D eigenvalue weighted by Gasteiger charge is 2.23. The lowest BCUT2D eigenvalue weighted by atomic mass is 10.2. The van der Waals surface area contributed by atoms with Crippen molar-refractivity contribution in [2.45, 2.75) is 33.0 Å². The standard InChI is InChI=1S/C14H20N2OS/c1-10-4-6-13(7-5-10)15-14(18)16-8-11(2)17-12(3)9-16/h4-7,11-12H,8-9H2,1-3H3,(H,15,18). The van der Waals surface area contributed by atoms with E-state index in [0.717, 1.165) is 23.9 Å². The predicted octanol–water partition coefficient (Wildman–Crippen LogP) is 2.80. The molecule has 2 unspecified atom stereocenters. The molecule has 1 aromatic rings. The quantitative estimate of drug-likeness (QED) is 0.788. The molecular weight excluding hydrogens is 244 g/mol. The molecule has 98 valence electrons. The smallest absolute Gasteiger partial charge is 0.173 e. The normalized spacial score (nSPS) is 23.8. The summed E-state index contributed by atoms with van der Waals surface area (Å²) in [4.78, 5) is 2.17. The van der Waals surface area contributed by atoms with E-state index in [1.165, 1.54) is 5.56 Å². The summed E-state index contributed by atoms with van der Waals surface area (Å²) in [6.45, 7) is 7.94. The maximum Gasteiger partial charge on any atom is 0.173 e. The zero-order valence-electron chi connectivity index (χ0n) is 11.1. The Morgan fingerprint density at radius 3 is 2.33 bits per heavy atom. The Kier molecular flexibility index (Phi) is 4.19. The first-order valence-corrected chi connectivity index (χ1v) is 6.73. The van der Waals surface area contributed by atoms with Gasteiger partial charge in [-0.15, -0.1) is 0 Å². The summed E-state index contributed by atoms with van der Waals surface area (Å²) >= 11 is 5.45. The Bertz CT molecular complexity index is 408. The van der Waals surface area contributed by atoms with Gasteiger partial charge in [-0.1, -0.05) is 17.7 Å². The monoisotopic (exact) mass is 264 g/mol. The van der Waals surface area contributed by atoms with Gasteiger partial charge < -0.3 is 15.0 Å². The third kappa shape index (κ3) is 3.43. The number of ether oxygens (including phenoxy) is 1. The predicted molar refractivity (Wildman–Crippen MR) is 79.0 cm³/mol. The summed E-state index contributed by atoms with van der Waals surface area (Å²) in [6, 6.07) is 8.26. The maximum absolute atomic E-state index is 5.70. The molecule has 0 aliphatic carbocycles. The number of thiocarbonyl (C=S) groups is 1. The lowest BCUT2D eigenvalue weighted by Gasteiger charge is -2.36. The molecule has 0 radical (unpaired) electrons. The summed E-state index contributed by atoms with van der Waals surface area (Å²) < 4.78 is 5.70. The summed E-state index contributed by atoms with van der Waals surface area (Å²) in [5, 5.41) is 4.06. The maximum atomic E-state index is 5.70. The fourth-order valence-corrected chi connectivity index (χ4v) is 2.45. The lowest BCUT2D eigenvalue weighted by molar-refractivity contribution is -0.0473. The van der Waals surface area contributed by atoms with Crippen molar-refractivity contribution in [1.29, 1.82) is 0 Å². The lowest BCUT2D eigenvalue weighted by Crippen LogP contribution is -2.49. The van der Waals surface area contributed by atoms with E-state index in [0.29, 0.717) is 0 Å². The second-order valence-corrected chi connectivity index (χ2v) is 5.35. The molecule has 1 aliphatic rings. The van der Waals surface area contributed by atoms with Crippen LogP contribution in [0.4, 0.5) is 5.69 Å². The molecule has 2 atom stereocenters. The van der Waals surface area contributed by atoms with Crippen molar-refractivity contribution in [3.8, 4) is 0 Å². The van der Waals surface area contributed by atoms with Crippen molar-refractivity contribution in [3.63, 3.8) is 0 Å². The van der Waals surface area contributed by atoms with Crippen molar-refractivity contribution < 1.29 is 4.74 Å². The third-order valence-corrected chi connectivity index (χ3v) is 3.37. The minimum atomic E-state index is 0.228. The van der Waals surface area contributed by atoms with E-state index in [4.69, 9.17) is 17.0 Å². The zero-order valence-corrected chi connectivity index (χ0v) is 12.0. The largest absolute Gasteiger partial charge is 0.372 e. The van der Waals surface area contributed by atoms with Crippen LogP contribution in [-0.2, 0) is 4.74 Å². The van der Waals surface area contributed by atoms with E-state index < -0.39 is 0 Å². The first-order chi connectivity index (χ1) is 8.54. The molecule has 1 aromatic carbocycles. The number of aryl methyl sites for hydroxylation is 1. The van der Waals surface area contributed by atoms with Gasteiger partial charge in [-0.25, -0.2) is 0 Å². The van der Waals surface area contributed by atoms with Crippen LogP contribution in [0.25, 0.3) is 0 Å². The van der Waals surface area contributed by atoms with Crippen molar-refractivity contribution in [1.82, 2.24) is 4.90 Å². The van der Waals surface area contributed by atoms with Crippen LogP contribution >= 0.6 is 12.2 Å². The number of rotatable bonds is 1. The Labute approximate surface area is 114 Å². The molecule has 0 spiro atoms. The van der Waals surface area contributed by atoms with E-state index in [1.807, 2.05) is 0 Å². The molecule has 4 heteroatoms. The number of hydrogen-bond donors (Lipinski definition) is 1. The van der Waals surface area contributed by atoms with Crippen LogP contribution in [-0.4, -0.2) is 35.3 Å². The molecule has 18 heavy (non-hydrogen) atoms. The minimum absolute atomic E-state index is 0.228. The molecule has 1 aliphatic heterocycles. The summed E-state index contributed by atoms with van der Waals surface area (Å²) in [5.41, 5.74) is 2.29. The van der Waals surface area contributed by atoms with Crippen LogP contribution in [0.2, 0.25) is 0 Å². The number of morpholine rings is 1. The molecule has 1 heterocycles. The third-order valence-electron chi connectivity index (χ3n) is 3.01. The molecule has 0 aromatic heterocycles. The fourth-order valence-electron chi connectivity index (χ4n) is 2.18. The second-order valence-electron chi connectivity index (χ2n) is 4.96. The zero-order chi connectivity index (χ0) is 13.1. The van der Waals surface area contributed by atoms with Gasteiger partial charge in [-0.3, -0.25) is 0 Å². The minimum Gasteiger partial charge on any atom is -0.372 e. The number of nitrogens with one attached hydrogen (secondary N) is 1. The van der Waals surface area contributed by atoms with Crippen molar-refractivity contribution in [2.75, 3.05) is 18.4 Å². The number of anilines is 1. The fraction of sp³-hybridized carbons (Fsp3) is 0.500. The number of nitrogens with zero attached hydrogens (tertiary/aromatic N) is 1. The van der Waals surface area contributed by atoms with Crippen LogP contribution in [0.1, 0.15) is 19.4 Å². The van der Waals surface area contributed by atoms with Gasteiger partial charge in [0.05, 0.1) is 12.2 Å². The van der Waals surface area contributed by atoms with E-state index in [9.17, 15) is 0 Å². The summed E-state index contributed by atoms with van der Waals surface area (Å²) in [6.07, 6.45) is 0.457. The van der Waals surface area contributed by atoms with Gasteiger partial charge in [-0.2, -0.15) is 0 Å². The first kappa shape index (κ1) is 13.3. The molecular formula is C14H20N2OS. The molecule has 0 amide bonds. The molecule has 0 saturated carbocycles. The highest BCUT2D eigenvalue weighted by atomic mass is 32.1. The van der Waals surface area contributed by atoms with E-state index in [2.05, 4.69) is 55.3 Å². The van der Waals surface area contributed by atoms with Crippen molar-refractivity contribution in [3.05, 3.63) is 29.8 Å². The van der Waals surface area contributed by atoms with Gasteiger partial charge in [-0.05, 0) is 45.1 Å². The van der Waals surface area contributed by atoms with Crippen molar-refractivity contribution >= 4 is 23.0 Å². The van der Waals surface area contributed by atoms with Gasteiger partial charge in [0.15, 0.2) is 5.11 Å². The Hall–Kier alpha value is -1.13. The molecule has 3 nitrogen and oxygen atoms in total. The van der Waals surface area contributed by atoms with Crippen LogP contribution in [0.15, 0.2) is 24.3 Å². The molecule has 2 rings (SSSR count). The van der Waals surface area contributed by atoms with Crippen LogP contribution in [0.3, 0.4) is 0 Å². The average Bonchev–Trinajstić information content (AvgIpc) is 2.31. The molecule has 0 bridgehead atoms. The number of hydrogen-bond acceptors (Lipinski definition) is 2. The highest BCUT2D eigenvalue weighted by molar-refractivity contribution is 7.80. The molecule has 1 N–H and O–H groups in total. The molecule has 1 fully saturated rings. The van der Waals surface area contributed by atoms with Crippen LogP contribution in [0, 0.1) is 6.92 Å². The van der Waals surface area contributed by atoms with Crippen molar-refractivity contribution in [2.24, 2.45) is 0 Å². The Morgan fingerprint density at radius 2 is 1.78 bits per heavy atom. The second kappa shape index (κ2) is 5.67. The van der Waals surface area contributed by atoms with Gasteiger partial charge in [0, 0.05) is 18.8 Å². The van der Waals surface area contributed by atoms with Crippen LogP contribution < -0.4 is 5.32 Å². The molecule has 1 saturated heterocycles. The van der Waals surface area contributed by atoms with E-state index in [1.54, 1.807) is 0 Å². The van der Waals surface area contributed by atoms with Crippen LogP contribution in [0.5, 0.6) is 0 Å². The summed E-state index contributed by atoms with van der Waals surface area (Å²) in [7, 11) is 0. The van der Waals surface area contributed by atoms with Gasteiger partial charge in [0.1, 0.15) is 0 Å². The Morgan fingerprint density at radius 1 is 1.22 bits per heavy atom. The van der Waals surface area contributed by atoms with Gasteiger partial charge >= 0.3 is 0 Å². The Balaban J connectivity index is 1.97. The average molecular weight is 264 g/mol. The first-order valence-electron chi connectivity index (χ1n) is 6.32. The highest BCUT2D eigenvalue weighted by Crippen LogP contribution is 2.14. The topological polar surface area (TPSA) is 24.5 Å². The van der Waals surface area contributed by atoms with Gasteiger partial charge in [0.2, 0.25) is 0 Å². The van der Waals surface area contributed by atoms with Gasteiger partial charge in [0.25, 0.3) is 0 Å². The SMILES string of the molecule is Cc1ccc(NC(=S)N2CC(C)OC(C)C2)cc1. The van der Waals surface area contributed by atoms with E-state index in [-0.39, 0.29) is 12.2 Å².